The molecule has 0 aliphatic carbocycles. The Morgan fingerprint density at radius 2 is 2.15 bits per heavy atom. The molecule has 0 saturated heterocycles. The summed E-state index contributed by atoms with van der Waals surface area (Å²) >= 11 is 11.9. The molecule has 7 nitrogen and oxygen atoms in total. The van der Waals surface area contributed by atoms with Gasteiger partial charge in [-0.25, -0.2) is 9.18 Å². The van der Waals surface area contributed by atoms with Crippen molar-refractivity contribution in [3.8, 4) is 0 Å². The molecule has 0 N–H and O–H groups in total. The lowest BCUT2D eigenvalue weighted by Gasteiger charge is -2.25. The first-order valence-corrected chi connectivity index (χ1v) is 10.0. The largest absolute Gasteiger partial charge is 0.461 e. The average molecular weight is 425 g/mol. The lowest BCUT2D eigenvalue weighted by atomic mass is 9.94. The van der Waals surface area contributed by atoms with E-state index in [1.807, 2.05) is 0 Å². The van der Waals surface area contributed by atoms with Gasteiger partial charge in [-0.2, -0.15) is 8.42 Å². The first-order chi connectivity index (χ1) is 12.1. The molecular weight excluding hydrogens is 410 g/mol. The molecule has 1 aliphatic rings. The summed E-state index contributed by atoms with van der Waals surface area (Å²) in [7, 11) is -3.88. The molecule has 2 unspecified atom stereocenters. The zero-order valence-electron chi connectivity index (χ0n) is 13.8. The number of halogens is 3. The number of ether oxygens (including phenoxy) is 1. The number of rotatable bonds is 5. The van der Waals surface area contributed by atoms with E-state index in [0.29, 0.717) is 0 Å². The van der Waals surface area contributed by atoms with Crippen LogP contribution in [0.3, 0.4) is 0 Å². The Morgan fingerprint density at radius 1 is 1.46 bits per heavy atom. The molecule has 0 radical (unpaired) electrons. The molecule has 1 heterocycles. The summed E-state index contributed by atoms with van der Waals surface area (Å²) in [5.74, 6) is -1.44. The van der Waals surface area contributed by atoms with Crippen LogP contribution in [0.5, 0.6) is 0 Å². The fourth-order valence-corrected chi connectivity index (χ4v) is 2.91. The number of nitrogens with zero attached hydrogens (tertiary/aromatic N) is 2. The average Bonchev–Trinajstić information content (AvgIpc) is 2.53. The highest BCUT2D eigenvalue weighted by Crippen LogP contribution is 2.32. The zero-order chi connectivity index (χ0) is 19.5. The van der Waals surface area contributed by atoms with Crippen molar-refractivity contribution in [1.82, 2.24) is 0 Å². The molecule has 11 heteroatoms. The van der Waals surface area contributed by atoms with Crippen molar-refractivity contribution in [2.75, 3.05) is 12.9 Å². The zero-order valence-corrected chi connectivity index (χ0v) is 16.1. The lowest BCUT2D eigenvalue weighted by Crippen LogP contribution is -2.38. The van der Waals surface area contributed by atoms with E-state index < -0.39 is 33.3 Å². The van der Waals surface area contributed by atoms with Gasteiger partial charge < -0.3 is 4.74 Å². The van der Waals surface area contributed by atoms with Crippen LogP contribution in [-0.2, 0) is 23.9 Å². The van der Waals surface area contributed by atoms with Gasteiger partial charge in [-0.15, -0.1) is 11.6 Å². The molecule has 26 heavy (non-hydrogen) atoms. The van der Waals surface area contributed by atoms with E-state index in [-0.39, 0.29) is 35.0 Å². The van der Waals surface area contributed by atoms with Crippen LogP contribution in [-0.4, -0.2) is 44.1 Å². The third kappa shape index (κ3) is 5.15. The normalized spacial score (nSPS) is 22.0. The van der Waals surface area contributed by atoms with Gasteiger partial charge in [0.25, 0.3) is 0 Å². The Kier molecular flexibility index (Phi) is 6.59. The lowest BCUT2D eigenvalue weighted by molar-refractivity contribution is -0.135. The first kappa shape index (κ1) is 20.6. The minimum Gasteiger partial charge on any atom is -0.461 e. The number of alkyl halides is 1. The third-order valence-electron chi connectivity index (χ3n) is 3.33. The molecule has 0 fully saturated rings. The minimum atomic E-state index is -3.88. The Morgan fingerprint density at radius 3 is 2.73 bits per heavy atom. The summed E-state index contributed by atoms with van der Waals surface area (Å²) in [5, 5.41) is 2.54. The molecule has 0 bridgehead atoms. The van der Waals surface area contributed by atoms with Crippen LogP contribution >= 0.6 is 23.2 Å². The Bertz CT molecular complexity index is 873. The molecule has 0 spiro atoms. The predicted molar refractivity (Wildman–Crippen MR) is 95.8 cm³/mol. The van der Waals surface area contributed by atoms with Crippen molar-refractivity contribution in [2.45, 2.75) is 24.8 Å². The van der Waals surface area contributed by atoms with E-state index in [1.165, 1.54) is 12.1 Å². The van der Waals surface area contributed by atoms with Crippen molar-refractivity contribution >= 4 is 50.7 Å². The molecule has 2 rings (SSSR count). The van der Waals surface area contributed by atoms with Gasteiger partial charge in [0.15, 0.2) is 0 Å². The molecule has 2 atom stereocenters. The molecular formula is C15H15Cl2FN2O5S. The highest BCUT2D eigenvalue weighted by atomic mass is 35.5. The van der Waals surface area contributed by atoms with Crippen molar-refractivity contribution in [2.24, 2.45) is 10.1 Å². The van der Waals surface area contributed by atoms with Crippen LogP contribution in [0.15, 0.2) is 28.3 Å². The van der Waals surface area contributed by atoms with E-state index in [2.05, 4.69) is 14.4 Å². The Balaban J connectivity index is 2.48. The molecule has 0 saturated carbocycles. The maximum Gasteiger partial charge on any atom is 0.354 e. The van der Waals surface area contributed by atoms with Crippen molar-refractivity contribution < 1.29 is 26.6 Å². The van der Waals surface area contributed by atoms with E-state index in [9.17, 15) is 17.6 Å². The van der Waals surface area contributed by atoms with Crippen LogP contribution < -0.4 is 0 Å². The van der Waals surface area contributed by atoms with Gasteiger partial charge >= 0.3 is 16.1 Å². The summed E-state index contributed by atoms with van der Waals surface area (Å²) in [6, 6.07) is 3.12. The number of hydrogen-bond donors (Lipinski definition) is 0. The van der Waals surface area contributed by atoms with Gasteiger partial charge in [-0.1, -0.05) is 22.8 Å². The summed E-state index contributed by atoms with van der Waals surface area (Å²) in [4.78, 5) is 16.3. The summed E-state index contributed by atoms with van der Waals surface area (Å²) in [6.45, 7) is 1.68. The minimum absolute atomic E-state index is 0.00879. The fraction of sp³-hybridized carbons (Fsp3) is 0.400. The first-order valence-electron chi connectivity index (χ1n) is 7.41. The van der Waals surface area contributed by atoms with Gasteiger partial charge in [-0.05, 0) is 19.1 Å². The van der Waals surface area contributed by atoms with Gasteiger partial charge in [-0.3, -0.25) is 9.28 Å². The molecule has 1 aliphatic heterocycles. The van der Waals surface area contributed by atoms with Gasteiger partial charge in [0.1, 0.15) is 16.9 Å². The van der Waals surface area contributed by atoms with Gasteiger partial charge in [0, 0.05) is 17.0 Å². The third-order valence-corrected chi connectivity index (χ3v) is 4.37. The van der Waals surface area contributed by atoms with Gasteiger partial charge in [0.2, 0.25) is 0 Å². The number of esters is 1. The fourth-order valence-electron chi connectivity index (χ4n) is 2.25. The van der Waals surface area contributed by atoms with Crippen LogP contribution in [0.2, 0.25) is 5.02 Å². The SMILES string of the molecule is CCOC(=O)C1=NC(c2ccc(Cl)cc2F)CC(=NOS(C)(=O)=O)C1Cl. The molecule has 1 aromatic carbocycles. The number of hydrogen-bond acceptors (Lipinski definition) is 7. The molecule has 0 aromatic heterocycles. The molecule has 142 valence electrons. The number of oxime groups is 1. The highest BCUT2D eigenvalue weighted by molar-refractivity contribution is 7.85. The quantitative estimate of drug-likeness (QED) is 0.411. The van der Waals surface area contributed by atoms with Crippen molar-refractivity contribution in [1.29, 1.82) is 0 Å². The monoisotopic (exact) mass is 424 g/mol. The smallest absolute Gasteiger partial charge is 0.354 e. The van der Waals surface area contributed by atoms with Crippen molar-refractivity contribution in [3.63, 3.8) is 0 Å². The second-order valence-corrected chi connectivity index (χ2v) is 7.77. The van der Waals surface area contributed by atoms with Crippen LogP contribution in [0.1, 0.15) is 24.9 Å². The highest BCUT2D eigenvalue weighted by Gasteiger charge is 2.36. The Labute approximate surface area is 159 Å². The second-order valence-electron chi connectivity index (χ2n) is 5.34. The van der Waals surface area contributed by atoms with E-state index in [0.717, 1.165) is 12.3 Å². The van der Waals surface area contributed by atoms with Crippen LogP contribution in [0.25, 0.3) is 0 Å². The summed E-state index contributed by atoms with van der Waals surface area (Å²) in [5.41, 5.74) is -0.0590. The summed E-state index contributed by atoms with van der Waals surface area (Å²) in [6.07, 6.45) is 0.755. The van der Waals surface area contributed by atoms with E-state index in [4.69, 9.17) is 27.9 Å². The van der Waals surface area contributed by atoms with Crippen LogP contribution in [0, 0.1) is 5.82 Å². The maximum atomic E-state index is 14.2. The Hall–Kier alpha value is -1.71. The topological polar surface area (TPSA) is 94.4 Å². The van der Waals surface area contributed by atoms with Crippen LogP contribution in [0.4, 0.5) is 4.39 Å². The summed E-state index contributed by atoms with van der Waals surface area (Å²) < 4.78 is 45.9. The maximum absolute atomic E-state index is 14.2. The molecule has 1 aromatic rings. The number of carbonyl (C=O) groups is 1. The standard InChI is InChI=1S/C15H15Cl2FN2O5S/c1-3-24-15(21)14-13(17)12(20-25-26(2,22)23)7-11(19-14)9-5-4-8(16)6-10(9)18/h4-6,11,13H,3,7H2,1-2H3. The van der Waals surface area contributed by atoms with Crippen molar-refractivity contribution in [3.05, 3.63) is 34.6 Å². The second kappa shape index (κ2) is 8.32. The number of aliphatic imine (C=N–C) groups is 1. The number of benzene rings is 1. The van der Waals surface area contributed by atoms with E-state index in [1.54, 1.807) is 6.92 Å². The number of carbonyl (C=O) groups excluding carboxylic acids is 1. The van der Waals surface area contributed by atoms with E-state index >= 15 is 0 Å². The van der Waals surface area contributed by atoms with Gasteiger partial charge in [0.05, 0.1) is 24.6 Å². The molecule has 0 amide bonds. The predicted octanol–water partition coefficient (Wildman–Crippen LogP) is 2.87.